The Labute approximate surface area is 561 Å². The smallest absolute Gasteiger partial charge is 0.343 e. The molecule has 0 fully saturated rings. The van der Waals surface area contributed by atoms with E-state index < -0.39 is 65.3 Å². The lowest BCUT2D eigenvalue weighted by molar-refractivity contribution is -0.172. The quantitative estimate of drug-likeness (QED) is 0.0209. The summed E-state index contributed by atoms with van der Waals surface area (Å²) in [6.07, 6.45) is -0.609. The zero-order valence-corrected chi connectivity index (χ0v) is 55.4. The first-order chi connectivity index (χ1) is 46.9. The van der Waals surface area contributed by atoms with E-state index in [0.717, 1.165) is 5.56 Å². The fourth-order valence-electron chi connectivity index (χ4n) is 9.41. The maximum absolute atomic E-state index is 13.5. The number of aliphatic carboxylic acids is 1. The Morgan fingerprint density at radius 3 is 1.52 bits per heavy atom. The number of likely N-dealkylation sites (N-methyl/N-ethyl adjacent to an activating group) is 1. The van der Waals surface area contributed by atoms with Crippen LogP contribution in [0.25, 0.3) is 22.3 Å². The molecule has 1 aromatic carbocycles. The lowest BCUT2D eigenvalue weighted by Gasteiger charge is -2.31. The molecule has 32 nitrogen and oxygen atoms in total. The summed E-state index contributed by atoms with van der Waals surface area (Å²) in [4.78, 5) is 127. The second kappa shape index (κ2) is 46.1. The monoisotopic (exact) mass is 1380 g/mol. The highest BCUT2D eigenvalue weighted by molar-refractivity contribution is 5.88. The minimum absolute atomic E-state index is 0.0122. The van der Waals surface area contributed by atoms with E-state index in [1.54, 1.807) is 38.2 Å². The average Bonchev–Trinajstić information content (AvgIpc) is 1.65. The molecule has 5 rings (SSSR count). The molecule has 4 heterocycles. The van der Waals surface area contributed by atoms with Crippen LogP contribution in [0.5, 0.6) is 5.75 Å². The van der Waals surface area contributed by atoms with Gasteiger partial charge in [-0.25, -0.2) is 9.78 Å². The van der Waals surface area contributed by atoms with E-state index in [1.165, 1.54) is 11.5 Å². The van der Waals surface area contributed by atoms with E-state index in [9.17, 15) is 53.1 Å². The average molecular weight is 1380 g/mol. The molecule has 0 amide bonds. The van der Waals surface area contributed by atoms with Gasteiger partial charge in [-0.2, -0.15) is 0 Å². The number of rotatable bonds is 56. The summed E-state index contributed by atoms with van der Waals surface area (Å²) in [7, 11) is 1.58. The topological polar surface area (TPSA) is 401 Å². The number of pyridine rings is 2. The minimum atomic E-state index is -1.94. The zero-order valence-electron chi connectivity index (χ0n) is 55.4. The van der Waals surface area contributed by atoms with Gasteiger partial charge >= 0.3 is 41.8 Å². The highest BCUT2D eigenvalue weighted by Gasteiger charge is 2.45. The van der Waals surface area contributed by atoms with Gasteiger partial charge < -0.3 is 101 Å². The predicted molar refractivity (Wildman–Crippen MR) is 337 cm³/mol. The largest absolute Gasteiger partial charge is 0.481 e. The molecule has 2 unspecified atom stereocenters. The van der Waals surface area contributed by atoms with Crippen molar-refractivity contribution < 1.29 is 129 Å². The number of carbonyl (C=O) groups excluding carboxylic acids is 8. The van der Waals surface area contributed by atoms with Crippen LogP contribution >= 0.6 is 0 Å². The van der Waals surface area contributed by atoms with Gasteiger partial charge in [0, 0.05) is 42.2 Å². The number of nitrogens with zero attached hydrogens (tertiary/aromatic N) is 2. The molecule has 2 aromatic heterocycles. The van der Waals surface area contributed by atoms with Gasteiger partial charge in [0.2, 0.25) is 0 Å². The van der Waals surface area contributed by atoms with Crippen molar-refractivity contribution in [2.45, 2.75) is 102 Å². The van der Waals surface area contributed by atoms with Crippen LogP contribution in [0.3, 0.4) is 0 Å². The molecule has 3 aromatic rings. The highest BCUT2D eigenvalue weighted by Crippen LogP contribution is 2.39. The van der Waals surface area contributed by atoms with Crippen LogP contribution in [0.15, 0.2) is 35.1 Å². The van der Waals surface area contributed by atoms with Crippen LogP contribution < -0.4 is 20.9 Å². The van der Waals surface area contributed by atoms with Gasteiger partial charge in [-0.15, -0.1) is 0 Å². The summed E-state index contributed by atoms with van der Waals surface area (Å²) in [6, 6.07) is 6.58. The van der Waals surface area contributed by atoms with Gasteiger partial charge in [0.1, 0.15) is 62.4 Å². The number of cyclic esters (lactones) is 1. The highest BCUT2D eigenvalue weighted by atomic mass is 16.6. The molecule has 2 aliphatic heterocycles. The molecule has 540 valence electrons. The summed E-state index contributed by atoms with van der Waals surface area (Å²) >= 11 is 0. The summed E-state index contributed by atoms with van der Waals surface area (Å²) < 4.78 is 87.3. The van der Waals surface area contributed by atoms with Crippen molar-refractivity contribution in [2.24, 2.45) is 0 Å². The van der Waals surface area contributed by atoms with Crippen molar-refractivity contribution in [1.29, 1.82) is 0 Å². The first-order valence-electron chi connectivity index (χ1n) is 32.3. The number of hydrogen-bond donors (Lipinski definition) is 4. The SMILES string of the molecule is CC[C@@]1(O)C(=O)OCc2c1cc1n(c2=O)Cc2cc3cc(OC(=O)CCC(NC)C(=O)OCCOCCOCCOCCOCCOCCOC(=O)CCC(=O)CNC(CCC(=O)O)C(=O)OCCOCCOCCOCCOCCOCCOC(=O)CCC(C)=O)ccc3nc2-1. The molecule has 3 atom stereocenters. The third kappa shape index (κ3) is 30.1. The molecule has 2 aliphatic rings. The zero-order chi connectivity index (χ0) is 70.1. The molecule has 0 saturated carbocycles. The van der Waals surface area contributed by atoms with Gasteiger partial charge in [-0.05, 0) is 63.6 Å². The number of Topliss-reactive ketones (excluding diaryl/α,β-unsaturated/α-hetero) is 2. The molecule has 0 bridgehead atoms. The number of carboxylic acid groups (broad SMARTS) is 1. The first-order valence-corrected chi connectivity index (χ1v) is 32.3. The third-order valence-electron chi connectivity index (χ3n) is 14.6. The molecule has 0 saturated heterocycles. The number of aliphatic hydroxyl groups is 1. The Kier molecular flexibility index (Phi) is 38.2. The Morgan fingerprint density at radius 1 is 0.577 bits per heavy atom. The van der Waals surface area contributed by atoms with Crippen molar-refractivity contribution in [3.8, 4) is 17.1 Å². The fourth-order valence-corrected chi connectivity index (χ4v) is 9.41. The van der Waals surface area contributed by atoms with Gasteiger partial charge in [-0.3, -0.25) is 43.7 Å². The van der Waals surface area contributed by atoms with E-state index in [0.29, 0.717) is 88.4 Å². The molecule has 0 spiro atoms. The molecular formula is C65H92N4O28. The standard InChI is InChI=1S/C65H92N4O28/c1-4-65(81)51-41-55-60-47(43-69(55)61(77)50(51)44-96-64(65)80)39-46-40-49(7-8-52(46)68-60)97-59(76)14-10-53(66-3)62(78)94-37-33-90-29-25-86-21-17-82-16-20-85-24-28-89-32-36-93-58(75)13-6-48(71)42-67-54(9-11-56(72)73)63(79)95-38-34-91-30-26-87-22-18-83-15-19-84-23-27-88-31-35-92-57(74)12-5-45(2)70/h7-8,39-41,53-54,66-67,81H,4-6,9-38,42-44H2,1-3H3,(H,72,73)/t53?,54?,65-/m0/s1. The van der Waals surface area contributed by atoms with Gasteiger partial charge in [0.25, 0.3) is 5.56 Å². The second-order valence-electron chi connectivity index (χ2n) is 21.8. The number of carboxylic acids is 1. The van der Waals surface area contributed by atoms with Crippen LogP contribution in [0, 0.1) is 0 Å². The minimum Gasteiger partial charge on any atom is -0.481 e. The summed E-state index contributed by atoms with van der Waals surface area (Å²) in [5.41, 5.74) is 0.479. The van der Waals surface area contributed by atoms with E-state index in [-0.39, 0.29) is 198 Å². The van der Waals surface area contributed by atoms with Crippen LogP contribution in [-0.2, 0) is 133 Å². The van der Waals surface area contributed by atoms with Crippen LogP contribution in [0.2, 0.25) is 0 Å². The van der Waals surface area contributed by atoms with E-state index in [2.05, 4.69) is 10.6 Å². The molecule has 0 radical (unpaired) electrons. The Balaban J connectivity index is 0.767. The lowest BCUT2D eigenvalue weighted by atomic mass is 9.86. The first kappa shape index (κ1) is 80.4. The van der Waals surface area contributed by atoms with Gasteiger partial charge in [-0.1, -0.05) is 6.92 Å². The normalized spacial score (nSPS) is 14.4. The van der Waals surface area contributed by atoms with Crippen molar-refractivity contribution in [3.05, 3.63) is 57.4 Å². The number of ether oxygens (including phenoxy) is 16. The van der Waals surface area contributed by atoms with Crippen molar-refractivity contribution in [3.63, 3.8) is 0 Å². The van der Waals surface area contributed by atoms with E-state index in [4.69, 9.17) is 85.9 Å². The number of benzene rings is 1. The number of nitrogens with one attached hydrogen (secondary N) is 2. The van der Waals surface area contributed by atoms with Crippen LogP contribution in [-0.4, -0.2) is 257 Å². The Hall–Kier alpha value is -7.31. The molecular weight excluding hydrogens is 1280 g/mol. The summed E-state index contributed by atoms with van der Waals surface area (Å²) in [5, 5.41) is 26.5. The maximum atomic E-state index is 13.5. The number of hydrogen-bond acceptors (Lipinski definition) is 30. The second-order valence-corrected chi connectivity index (χ2v) is 21.8. The fraction of sp³-hybridized carbons (Fsp3) is 0.646. The Morgan fingerprint density at radius 2 is 1.04 bits per heavy atom. The Bertz CT molecular complexity index is 3050. The lowest BCUT2D eigenvalue weighted by Crippen LogP contribution is -2.44. The number of ketones is 2. The van der Waals surface area contributed by atoms with Gasteiger partial charge in [0.15, 0.2) is 5.60 Å². The molecule has 97 heavy (non-hydrogen) atoms. The van der Waals surface area contributed by atoms with Crippen LogP contribution in [0.1, 0.15) is 88.3 Å². The van der Waals surface area contributed by atoms with Crippen molar-refractivity contribution >= 4 is 64.3 Å². The summed E-state index contributed by atoms with van der Waals surface area (Å²) in [5.74, 6) is -5.08. The van der Waals surface area contributed by atoms with Crippen LogP contribution in [0.4, 0.5) is 0 Å². The predicted octanol–water partition coefficient (Wildman–Crippen LogP) is 1.23. The molecule has 4 N–H and O–H groups in total. The van der Waals surface area contributed by atoms with Gasteiger partial charge in [0.05, 0.1) is 181 Å². The summed E-state index contributed by atoms with van der Waals surface area (Å²) in [6.45, 7) is 7.92. The molecule has 0 aliphatic carbocycles. The number of esters is 6. The number of aromatic nitrogens is 2. The van der Waals surface area contributed by atoms with E-state index in [1.807, 2.05) is 6.07 Å². The van der Waals surface area contributed by atoms with Crippen molar-refractivity contribution in [2.75, 3.05) is 172 Å². The number of carbonyl (C=O) groups is 9. The maximum Gasteiger partial charge on any atom is 0.343 e. The van der Waals surface area contributed by atoms with E-state index >= 15 is 0 Å². The third-order valence-corrected chi connectivity index (χ3v) is 14.6. The number of fused-ring (bicyclic) bond motifs is 5. The van der Waals surface area contributed by atoms with Crippen molar-refractivity contribution in [1.82, 2.24) is 20.2 Å². The molecule has 32 heteroatoms.